The van der Waals surface area contributed by atoms with Crippen molar-refractivity contribution in [1.82, 2.24) is 15.1 Å². The maximum absolute atomic E-state index is 13.9. The molecular formula is C21H24ClF2N3O2S. The van der Waals surface area contributed by atoms with E-state index < -0.39 is 29.1 Å². The van der Waals surface area contributed by atoms with Crippen LogP contribution in [0.1, 0.15) is 29.1 Å². The van der Waals surface area contributed by atoms with Crippen molar-refractivity contribution in [3.63, 3.8) is 0 Å². The minimum atomic E-state index is -0.954. The number of rotatable bonds is 6. The van der Waals surface area contributed by atoms with Gasteiger partial charge in [-0.25, -0.2) is 8.78 Å². The van der Waals surface area contributed by atoms with Crippen molar-refractivity contribution in [2.45, 2.75) is 26.4 Å². The molecule has 1 aromatic carbocycles. The number of nitrogens with one attached hydrogen (secondary N) is 1. The molecule has 1 aliphatic heterocycles. The number of amides is 2. The summed E-state index contributed by atoms with van der Waals surface area (Å²) in [6.07, 6.45) is 0. The summed E-state index contributed by atoms with van der Waals surface area (Å²) < 4.78 is 28.6. The lowest BCUT2D eigenvalue weighted by atomic mass is 10.0. The van der Waals surface area contributed by atoms with E-state index in [0.29, 0.717) is 26.2 Å². The van der Waals surface area contributed by atoms with E-state index in [1.165, 1.54) is 22.3 Å². The first-order valence-corrected chi connectivity index (χ1v) is 11.0. The molecule has 1 unspecified atom stereocenters. The number of carbonyl (C=O) groups excluding carboxylic acids is 2. The first-order chi connectivity index (χ1) is 14.3. The fourth-order valence-corrected chi connectivity index (χ4v) is 4.55. The molecular weight excluding hydrogens is 432 g/mol. The van der Waals surface area contributed by atoms with Crippen molar-refractivity contribution in [2.24, 2.45) is 5.92 Å². The van der Waals surface area contributed by atoms with Gasteiger partial charge in [-0.15, -0.1) is 11.3 Å². The zero-order valence-electron chi connectivity index (χ0n) is 16.8. The second-order valence-electron chi connectivity index (χ2n) is 7.60. The van der Waals surface area contributed by atoms with Crippen molar-refractivity contribution < 1.29 is 18.4 Å². The van der Waals surface area contributed by atoms with Gasteiger partial charge in [-0.1, -0.05) is 31.5 Å². The highest BCUT2D eigenvalue weighted by atomic mass is 35.5. The first kappa shape index (κ1) is 22.7. The molecule has 1 N–H and O–H groups in total. The molecule has 30 heavy (non-hydrogen) atoms. The van der Waals surface area contributed by atoms with E-state index in [4.69, 9.17) is 11.6 Å². The Morgan fingerprint density at radius 2 is 1.73 bits per heavy atom. The van der Waals surface area contributed by atoms with E-state index in [2.05, 4.69) is 10.2 Å². The lowest BCUT2D eigenvalue weighted by Gasteiger charge is -2.37. The van der Waals surface area contributed by atoms with Crippen LogP contribution in [0.5, 0.6) is 0 Å². The van der Waals surface area contributed by atoms with Crippen LogP contribution >= 0.6 is 22.9 Å². The van der Waals surface area contributed by atoms with Gasteiger partial charge in [-0.2, -0.15) is 0 Å². The van der Waals surface area contributed by atoms with Crippen LogP contribution < -0.4 is 5.32 Å². The summed E-state index contributed by atoms with van der Waals surface area (Å²) in [7, 11) is 0. The summed E-state index contributed by atoms with van der Waals surface area (Å²) >= 11 is 7.52. The van der Waals surface area contributed by atoms with Crippen LogP contribution in [0.3, 0.4) is 0 Å². The number of halogens is 3. The fraction of sp³-hybridized carbons (Fsp3) is 0.429. The van der Waals surface area contributed by atoms with Crippen molar-refractivity contribution >= 4 is 34.8 Å². The quantitative estimate of drug-likeness (QED) is 0.721. The Hall–Kier alpha value is -2.03. The molecule has 0 spiro atoms. The highest BCUT2D eigenvalue weighted by Gasteiger charge is 2.32. The summed E-state index contributed by atoms with van der Waals surface area (Å²) in [6, 6.07) is 6.23. The predicted octanol–water partition coefficient (Wildman–Crippen LogP) is 3.78. The largest absolute Gasteiger partial charge is 0.340 e. The number of hydrogen-bond donors (Lipinski definition) is 1. The minimum absolute atomic E-state index is 0.234. The van der Waals surface area contributed by atoms with Crippen LogP contribution in [0.15, 0.2) is 30.3 Å². The van der Waals surface area contributed by atoms with Crippen molar-refractivity contribution in [1.29, 1.82) is 0 Å². The second kappa shape index (κ2) is 9.85. The third-order valence-electron chi connectivity index (χ3n) is 5.10. The molecule has 3 rings (SSSR count). The van der Waals surface area contributed by atoms with Gasteiger partial charge in [0.25, 0.3) is 5.91 Å². The van der Waals surface area contributed by atoms with E-state index in [-0.39, 0.29) is 11.8 Å². The van der Waals surface area contributed by atoms with E-state index in [9.17, 15) is 18.4 Å². The van der Waals surface area contributed by atoms with Crippen LogP contribution in [-0.2, 0) is 11.3 Å². The van der Waals surface area contributed by atoms with Crippen LogP contribution in [0, 0.1) is 17.6 Å². The number of hydrogen-bond acceptors (Lipinski definition) is 4. The standard InChI is InChI=1S/C21H24ClF2N3O2S/c1-13(2)19(25-20(28)18-15(23)4-3-5-16(18)24)21(29)27-10-8-26(9-11-27)12-14-6-7-17(22)30-14/h3-7,13,19H,8-12H2,1-2H3,(H,25,28). The summed E-state index contributed by atoms with van der Waals surface area (Å²) in [4.78, 5) is 30.6. The average Bonchev–Trinajstić information content (AvgIpc) is 3.10. The zero-order chi connectivity index (χ0) is 21.8. The molecule has 1 aliphatic rings. The lowest BCUT2D eigenvalue weighted by molar-refractivity contribution is -0.136. The number of nitrogens with zero attached hydrogens (tertiary/aromatic N) is 2. The van der Waals surface area contributed by atoms with Crippen molar-refractivity contribution in [3.05, 3.63) is 56.7 Å². The third-order valence-corrected chi connectivity index (χ3v) is 6.32. The number of carbonyl (C=O) groups is 2. The topological polar surface area (TPSA) is 52.7 Å². The van der Waals surface area contributed by atoms with Gasteiger partial charge in [0.1, 0.15) is 23.2 Å². The van der Waals surface area contributed by atoms with Gasteiger partial charge in [0.15, 0.2) is 0 Å². The van der Waals surface area contributed by atoms with Gasteiger partial charge in [-0.3, -0.25) is 14.5 Å². The first-order valence-electron chi connectivity index (χ1n) is 9.76. The fourth-order valence-electron chi connectivity index (χ4n) is 3.42. The Bertz CT molecular complexity index is 893. The van der Waals surface area contributed by atoms with Gasteiger partial charge in [-0.05, 0) is 30.2 Å². The molecule has 162 valence electrons. The van der Waals surface area contributed by atoms with Crippen molar-refractivity contribution in [2.75, 3.05) is 26.2 Å². The lowest BCUT2D eigenvalue weighted by Crippen LogP contribution is -2.56. The SMILES string of the molecule is CC(C)C(NC(=O)c1c(F)cccc1F)C(=O)N1CCN(Cc2ccc(Cl)s2)CC1. The Balaban J connectivity index is 1.61. The molecule has 9 heteroatoms. The molecule has 0 saturated carbocycles. The number of piperazine rings is 1. The monoisotopic (exact) mass is 455 g/mol. The molecule has 2 amide bonds. The molecule has 5 nitrogen and oxygen atoms in total. The second-order valence-corrected chi connectivity index (χ2v) is 9.40. The molecule has 2 heterocycles. The highest BCUT2D eigenvalue weighted by Crippen LogP contribution is 2.23. The summed E-state index contributed by atoms with van der Waals surface area (Å²) in [5.74, 6) is -3.31. The predicted molar refractivity (Wildman–Crippen MR) is 114 cm³/mol. The molecule has 1 aromatic heterocycles. The van der Waals surface area contributed by atoms with Crippen LogP contribution in [-0.4, -0.2) is 53.8 Å². The summed E-state index contributed by atoms with van der Waals surface area (Å²) in [6.45, 7) is 6.78. The molecule has 0 bridgehead atoms. The van der Waals surface area contributed by atoms with Gasteiger partial charge >= 0.3 is 0 Å². The number of benzene rings is 1. The molecule has 1 saturated heterocycles. The summed E-state index contributed by atoms with van der Waals surface area (Å²) in [5, 5.41) is 2.53. The van der Waals surface area contributed by atoms with Crippen molar-refractivity contribution in [3.8, 4) is 0 Å². The highest BCUT2D eigenvalue weighted by molar-refractivity contribution is 7.16. The van der Waals surface area contributed by atoms with Crippen LogP contribution in [0.25, 0.3) is 0 Å². The van der Waals surface area contributed by atoms with Gasteiger partial charge in [0.05, 0.1) is 4.34 Å². The number of thiophene rings is 1. The van der Waals surface area contributed by atoms with E-state index in [1.807, 2.05) is 12.1 Å². The Morgan fingerprint density at radius 3 is 2.27 bits per heavy atom. The van der Waals surface area contributed by atoms with E-state index in [0.717, 1.165) is 23.0 Å². The van der Waals surface area contributed by atoms with Crippen LogP contribution in [0.4, 0.5) is 8.78 Å². The van der Waals surface area contributed by atoms with E-state index in [1.54, 1.807) is 18.7 Å². The molecule has 1 atom stereocenters. The van der Waals surface area contributed by atoms with Crippen LogP contribution in [0.2, 0.25) is 4.34 Å². The molecule has 1 fully saturated rings. The van der Waals surface area contributed by atoms with Gasteiger partial charge in [0, 0.05) is 37.6 Å². The molecule has 0 radical (unpaired) electrons. The smallest absolute Gasteiger partial charge is 0.257 e. The Labute approximate surface area is 183 Å². The van der Waals surface area contributed by atoms with E-state index >= 15 is 0 Å². The zero-order valence-corrected chi connectivity index (χ0v) is 18.4. The molecule has 0 aliphatic carbocycles. The summed E-state index contributed by atoms with van der Waals surface area (Å²) in [5.41, 5.74) is -0.671. The average molecular weight is 456 g/mol. The minimum Gasteiger partial charge on any atom is -0.340 e. The van der Waals surface area contributed by atoms with Gasteiger partial charge < -0.3 is 10.2 Å². The maximum atomic E-state index is 13.9. The third kappa shape index (κ3) is 5.36. The van der Waals surface area contributed by atoms with Gasteiger partial charge in [0.2, 0.25) is 5.91 Å². The molecule has 2 aromatic rings. The normalized spacial score (nSPS) is 16.0. The maximum Gasteiger partial charge on any atom is 0.257 e. The Kier molecular flexibility index (Phi) is 7.44. The Morgan fingerprint density at radius 1 is 1.10 bits per heavy atom.